The monoisotopic (exact) mass is 419 g/mol. The van der Waals surface area contributed by atoms with Gasteiger partial charge in [-0.05, 0) is 61.8 Å². The summed E-state index contributed by atoms with van der Waals surface area (Å²) in [4.78, 5) is 31.5. The molecule has 2 aromatic carbocycles. The zero-order valence-electron chi connectivity index (χ0n) is 18.7. The van der Waals surface area contributed by atoms with E-state index in [0.29, 0.717) is 32.1 Å². The first-order valence-corrected chi connectivity index (χ1v) is 11.5. The first-order valence-electron chi connectivity index (χ1n) is 11.5. The van der Waals surface area contributed by atoms with Crippen LogP contribution in [0.25, 0.3) is 0 Å². The van der Waals surface area contributed by atoms with Gasteiger partial charge < -0.3 is 14.7 Å². The summed E-state index contributed by atoms with van der Waals surface area (Å²) >= 11 is 0. The maximum absolute atomic E-state index is 12.9. The molecule has 0 saturated carbocycles. The maximum atomic E-state index is 12.9. The second-order valence-corrected chi connectivity index (χ2v) is 8.92. The van der Waals surface area contributed by atoms with Gasteiger partial charge in [-0.1, -0.05) is 42.5 Å². The molecule has 2 fully saturated rings. The molecule has 4 rings (SSSR count). The largest absolute Gasteiger partial charge is 0.368 e. The molecule has 2 aromatic rings. The van der Waals surface area contributed by atoms with Crippen LogP contribution in [0.15, 0.2) is 48.5 Å². The van der Waals surface area contributed by atoms with E-state index in [4.69, 9.17) is 0 Å². The summed E-state index contributed by atoms with van der Waals surface area (Å²) in [5.74, 6) is -0.0665. The van der Waals surface area contributed by atoms with Crippen LogP contribution in [0.4, 0.5) is 5.69 Å². The van der Waals surface area contributed by atoms with Crippen LogP contribution in [0.2, 0.25) is 0 Å². The third-order valence-corrected chi connectivity index (χ3v) is 6.94. The van der Waals surface area contributed by atoms with E-state index in [9.17, 15) is 9.59 Å². The number of carbonyl (C=O) groups excluding carboxylic acids is 2. The molecule has 2 aliphatic heterocycles. The van der Waals surface area contributed by atoms with Gasteiger partial charge in [-0.25, -0.2) is 0 Å². The Morgan fingerprint density at radius 1 is 0.774 bits per heavy atom. The number of anilines is 1. The highest BCUT2D eigenvalue weighted by molar-refractivity contribution is 6.34. The molecule has 2 heterocycles. The number of hydrogen-bond donors (Lipinski definition) is 0. The van der Waals surface area contributed by atoms with Crippen LogP contribution in [0.1, 0.15) is 29.5 Å². The van der Waals surface area contributed by atoms with Crippen LogP contribution in [0, 0.1) is 19.8 Å². The Hall–Kier alpha value is -2.82. The Kier molecular flexibility index (Phi) is 6.59. The van der Waals surface area contributed by atoms with Crippen LogP contribution in [0.3, 0.4) is 0 Å². The Morgan fingerprint density at radius 2 is 1.39 bits per heavy atom. The summed E-state index contributed by atoms with van der Waals surface area (Å²) < 4.78 is 0. The topological polar surface area (TPSA) is 43.9 Å². The van der Waals surface area contributed by atoms with Gasteiger partial charge in [0.1, 0.15) is 0 Å². The van der Waals surface area contributed by atoms with Gasteiger partial charge >= 0.3 is 11.8 Å². The van der Waals surface area contributed by atoms with Crippen molar-refractivity contribution in [1.82, 2.24) is 9.80 Å². The molecule has 2 aliphatic rings. The van der Waals surface area contributed by atoms with Crippen molar-refractivity contribution in [2.75, 3.05) is 44.2 Å². The summed E-state index contributed by atoms with van der Waals surface area (Å²) in [6, 6.07) is 16.9. The van der Waals surface area contributed by atoms with Crippen molar-refractivity contribution in [3.05, 3.63) is 65.2 Å². The molecule has 0 bridgehead atoms. The average molecular weight is 420 g/mol. The molecular weight excluding hydrogens is 386 g/mol. The van der Waals surface area contributed by atoms with E-state index in [1.165, 1.54) is 22.4 Å². The smallest absolute Gasteiger partial charge is 0.312 e. The van der Waals surface area contributed by atoms with E-state index < -0.39 is 0 Å². The number of piperazine rings is 1. The van der Waals surface area contributed by atoms with Gasteiger partial charge in [0.15, 0.2) is 0 Å². The second kappa shape index (κ2) is 9.54. The molecule has 0 unspecified atom stereocenters. The highest BCUT2D eigenvalue weighted by Gasteiger charge is 2.32. The van der Waals surface area contributed by atoms with Crippen LogP contribution >= 0.6 is 0 Å². The van der Waals surface area contributed by atoms with E-state index in [1.54, 1.807) is 9.80 Å². The van der Waals surface area contributed by atoms with Crippen molar-refractivity contribution in [3.63, 3.8) is 0 Å². The van der Waals surface area contributed by atoms with E-state index in [-0.39, 0.29) is 11.8 Å². The number of likely N-dealkylation sites (tertiary alicyclic amines) is 1. The summed E-state index contributed by atoms with van der Waals surface area (Å²) in [6.07, 6.45) is 2.99. The first-order chi connectivity index (χ1) is 15.0. The molecule has 5 heteroatoms. The lowest BCUT2D eigenvalue weighted by atomic mass is 9.90. The van der Waals surface area contributed by atoms with Crippen molar-refractivity contribution in [1.29, 1.82) is 0 Å². The van der Waals surface area contributed by atoms with Crippen LogP contribution in [-0.2, 0) is 16.0 Å². The molecule has 0 radical (unpaired) electrons. The van der Waals surface area contributed by atoms with Gasteiger partial charge in [-0.2, -0.15) is 0 Å². The average Bonchev–Trinajstić information content (AvgIpc) is 2.81. The van der Waals surface area contributed by atoms with Crippen LogP contribution in [0.5, 0.6) is 0 Å². The molecule has 164 valence electrons. The number of hydrogen-bond acceptors (Lipinski definition) is 3. The standard InChI is InChI=1S/C26H33N3O2/c1-20-7-6-10-24(21(20)2)27-15-17-29(18-16-27)26(31)25(30)28-13-11-23(12-14-28)19-22-8-4-3-5-9-22/h3-10,23H,11-19H2,1-2H3. The first kappa shape index (κ1) is 21.4. The van der Waals surface area contributed by atoms with Gasteiger partial charge in [0.2, 0.25) is 0 Å². The number of rotatable bonds is 3. The summed E-state index contributed by atoms with van der Waals surface area (Å²) in [5.41, 5.74) is 5.16. The Bertz CT molecular complexity index is 912. The minimum absolute atomic E-state index is 0.321. The predicted octanol–water partition coefficient (Wildman–Crippen LogP) is 3.43. The fourth-order valence-corrected chi connectivity index (χ4v) is 4.79. The Labute approximate surface area is 185 Å². The van der Waals surface area contributed by atoms with E-state index in [1.807, 2.05) is 6.07 Å². The lowest BCUT2D eigenvalue weighted by Crippen LogP contribution is -2.54. The predicted molar refractivity (Wildman–Crippen MR) is 124 cm³/mol. The van der Waals surface area contributed by atoms with Crippen molar-refractivity contribution in [2.45, 2.75) is 33.1 Å². The molecule has 2 amide bonds. The molecule has 31 heavy (non-hydrogen) atoms. The van der Waals surface area contributed by atoms with Crippen molar-refractivity contribution < 1.29 is 9.59 Å². The normalized spacial score (nSPS) is 17.7. The number of aryl methyl sites for hydroxylation is 1. The number of amides is 2. The summed E-state index contributed by atoms with van der Waals surface area (Å²) in [5, 5.41) is 0. The summed E-state index contributed by atoms with van der Waals surface area (Å²) in [7, 11) is 0. The van der Waals surface area contributed by atoms with Gasteiger partial charge in [0.25, 0.3) is 0 Å². The Morgan fingerprint density at radius 3 is 2.03 bits per heavy atom. The molecule has 0 atom stereocenters. The highest BCUT2D eigenvalue weighted by Crippen LogP contribution is 2.25. The lowest BCUT2D eigenvalue weighted by molar-refractivity contribution is -0.152. The van der Waals surface area contributed by atoms with Gasteiger partial charge in [-0.3, -0.25) is 9.59 Å². The number of benzene rings is 2. The molecule has 2 saturated heterocycles. The molecular formula is C26H33N3O2. The molecule has 0 aromatic heterocycles. The van der Waals surface area contributed by atoms with E-state index in [2.05, 4.69) is 61.2 Å². The molecule has 0 aliphatic carbocycles. The zero-order valence-corrected chi connectivity index (χ0v) is 18.7. The number of piperidine rings is 1. The molecule has 0 spiro atoms. The third-order valence-electron chi connectivity index (χ3n) is 6.94. The fourth-order valence-electron chi connectivity index (χ4n) is 4.79. The van der Waals surface area contributed by atoms with E-state index >= 15 is 0 Å². The van der Waals surface area contributed by atoms with Crippen molar-refractivity contribution in [2.24, 2.45) is 5.92 Å². The number of carbonyl (C=O) groups is 2. The SMILES string of the molecule is Cc1cccc(N2CCN(C(=O)C(=O)N3CCC(Cc4ccccc4)CC3)CC2)c1C. The molecule has 0 N–H and O–H groups in total. The minimum Gasteiger partial charge on any atom is -0.368 e. The Balaban J connectivity index is 1.26. The summed E-state index contributed by atoms with van der Waals surface area (Å²) in [6.45, 7) is 8.37. The maximum Gasteiger partial charge on any atom is 0.312 e. The van der Waals surface area contributed by atoms with Crippen LogP contribution in [-0.4, -0.2) is 60.9 Å². The third kappa shape index (κ3) is 4.92. The quantitative estimate of drug-likeness (QED) is 0.716. The van der Waals surface area contributed by atoms with Crippen LogP contribution < -0.4 is 4.90 Å². The van der Waals surface area contributed by atoms with Gasteiger partial charge in [0.05, 0.1) is 0 Å². The van der Waals surface area contributed by atoms with E-state index in [0.717, 1.165) is 32.4 Å². The highest BCUT2D eigenvalue weighted by atomic mass is 16.2. The van der Waals surface area contributed by atoms with Gasteiger partial charge in [0, 0.05) is 45.0 Å². The van der Waals surface area contributed by atoms with Crippen molar-refractivity contribution >= 4 is 17.5 Å². The van der Waals surface area contributed by atoms with Crippen molar-refractivity contribution in [3.8, 4) is 0 Å². The fraction of sp³-hybridized carbons (Fsp3) is 0.462. The number of nitrogens with zero attached hydrogens (tertiary/aromatic N) is 3. The lowest BCUT2D eigenvalue weighted by Gasteiger charge is -2.38. The van der Waals surface area contributed by atoms with Gasteiger partial charge in [-0.15, -0.1) is 0 Å². The second-order valence-electron chi connectivity index (χ2n) is 8.92. The zero-order chi connectivity index (χ0) is 21.8. The minimum atomic E-state index is -0.331. The molecule has 5 nitrogen and oxygen atoms in total.